The Hall–Kier alpha value is -1.09. The molecule has 0 bridgehead atoms. The Morgan fingerprint density at radius 2 is 2.18 bits per heavy atom. The number of ether oxygens (including phenoxy) is 1. The molecule has 0 saturated carbocycles. The number of pyridine rings is 1. The second kappa shape index (κ2) is 4.65. The SMILES string of the molecule is Cc1cnc(NC2CCOC2)cc1C(C)(C)C. The maximum atomic E-state index is 5.36. The second-order valence-electron chi connectivity index (χ2n) is 5.84. The summed E-state index contributed by atoms with van der Waals surface area (Å²) in [6, 6.07) is 2.59. The van der Waals surface area contributed by atoms with Crippen molar-refractivity contribution in [3.8, 4) is 0 Å². The highest BCUT2D eigenvalue weighted by atomic mass is 16.5. The average molecular weight is 234 g/mol. The van der Waals surface area contributed by atoms with Gasteiger partial charge >= 0.3 is 0 Å². The lowest BCUT2D eigenvalue weighted by atomic mass is 9.85. The molecule has 2 heterocycles. The van der Waals surface area contributed by atoms with E-state index < -0.39 is 0 Å². The Balaban J connectivity index is 2.18. The number of hydrogen-bond donors (Lipinski definition) is 1. The van der Waals surface area contributed by atoms with Gasteiger partial charge in [-0.3, -0.25) is 0 Å². The van der Waals surface area contributed by atoms with Crippen molar-refractivity contribution >= 4 is 5.82 Å². The molecule has 1 saturated heterocycles. The molecule has 1 N–H and O–H groups in total. The highest BCUT2D eigenvalue weighted by Crippen LogP contribution is 2.27. The first-order valence-electron chi connectivity index (χ1n) is 6.28. The van der Waals surface area contributed by atoms with Crippen LogP contribution in [0.3, 0.4) is 0 Å². The molecule has 1 aromatic rings. The van der Waals surface area contributed by atoms with Crippen molar-refractivity contribution in [3.63, 3.8) is 0 Å². The minimum Gasteiger partial charge on any atom is -0.379 e. The van der Waals surface area contributed by atoms with E-state index in [1.54, 1.807) is 0 Å². The Kier molecular flexibility index (Phi) is 3.38. The van der Waals surface area contributed by atoms with E-state index in [1.807, 2.05) is 6.20 Å². The van der Waals surface area contributed by atoms with Gasteiger partial charge in [0.15, 0.2) is 0 Å². The predicted molar refractivity (Wildman–Crippen MR) is 70.5 cm³/mol. The Bertz CT molecular complexity index is 390. The van der Waals surface area contributed by atoms with Gasteiger partial charge in [-0.25, -0.2) is 4.98 Å². The topological polar surface area (TPSA) is 34.2 Å². The number of aromatic nitrogens is 1. The van der Waals surface area contributed by atoms with E-state index in [0.717, 1.165) is 25.5 Å². The van der Waals surface area contributed by atoms with Crippen molar-refractivity contribution in [2.45, 2.75) is 45.6 Å². The predicted octanol–water partition coefficient (Wildman–Crippen LogP) is 2.89. The normalized spacial score (nSPS) is 20.6. The van der Waals surface area contributed by atoms with Gasteiger partial charge in [0, 0.05) is 12.8 Å². The zero-order valence-electron chi connectivity index (χ0n) is 11.2. The van der Waals surface area contributed by atoms with Crippen LogP contribution >= 0.6 is 0 Å². The van der Waals surface area contributed by atoms with E-state index in [1.165, 1.54) is 11.1 Å². The average Bonchev–Trinajstić information content (AvgIpc) is 2.72. The van der Waals surface area contributed by atoms with Crippen molar-refractivity contribution < 1.29 is 4.74 Å². The summed E-state index contributed by atoms with van der Waals surface area (Å²) >= 11 is 0. The van der Waals surface area contributed by atoms with Crippen LogP contribution in [-0.2, 0) is 10.2 Å². The van der Waals surface area contributed by atoms with Crippen LogP contribution in [0.5, 0.6) is 0 Å². The van der Waals surface area contributed by atoms with Crippen LogP contribution in [-0.4, -0.2) is 24.2 Å². The standard InChI is InChI=1S/C14H22N2O/c1-10-8-15-13(7-12(10)14(2,3)4)16-11-5-6-17-9-11/h7-8,11H,5-6,9H2,1-4H3,(H,15,16). The van der Waals surface area contributed by atoms with E-state index in [2.05, 4.69) is 44.1 Å². The van der Waals surface area contributed by atoms with Crippen molar-refractivity contribution in [2.24, 2.45) is 0 Å². The van der Waals surface area contributed by atoms with Crippen molar-refractivity contribution in [1.82, 2.24) is 4.98 Å². The third-order valence-electron chi connectivity index (χ3n) is 3.19. The monoisotopic (exact) mass is 234 g/mol. The minimum atomic E-state index is 0.162. The third-order valence-corrected chi connectivity index (χ3v) is 3.19. The number of nitrogens with zero attached hydrogens (tertiary/aromatic N) is 1. The molecule has 2 rings (SSSR count). The molecule has 0 radical (unpaired) electrons. The summed E-state index contributed by atoms with van der Waals surface area (Å²) in [5, 5.41) is 3.44. The van der Waals surface area contributed by atoms with Crippen LogP contribution in [0.15, 0.2) is 12.3 Å². The molecule has 1 fully saturated rings. The first-order valence-corrected chi connectivity index (χ1v) is 6.28. The molecule has 1 unspecified atom stereocenters. The van der Waals surface area contributed by atoms with Crippen LogP contribution in [0.1, 0.15) is 38.3 Å². The molecule has 17 heavy (non-hydrogen) atoms. The zero-order valence-corrected chi connectivity index (χ0v) is 11.2. The van der Waals surface area contributed by atoms with Crippen LogP contribution in [0.2, 0.25) is 0 Å². The summed E-state index contributed by atoms with van der Waals surface area (Å²) in [5.74, 6) is 0.969. The zero-order chi connectivity index (χ0) is 12.5. The summed E-state index contributed by atoms with van der Waals surface area (Å²) in [6.07, 6.45) is 3.03. The van der Waals surface area contributed by atoms with Gasteiger partial charge in [0.2, 0.25) is 0 Å². The van der Waals surface area contributed by atoms with E-state index in [0.29, 0.717) is 6.04 Å². The first-order chi connectivity index (χ1) is 7.97. The second-order valence-corrected chi connectivity index (χ2v) is 5.84. The molecule has 1 atom stereocenters. The minimum absolute atomic E-state index is 0.162. The molecule has 94 valence electrons. The molecule has 3 nitrogen and oxygen atoms in total. The van der Waals surface area contributed by atoms with Gasteiger partial charge < -0.3 is 10.1 Å². The quantitative estimate of drug-likeness (QED) is 0.854. The lowest BCUT2D eigenvalue weighted by molar-refractivity contribution is 0.195. The van der Waals surface area contributed by atoms with Gasteiger partial charge in [-0.1, -0.05) is 20.8 Å². The highest BCUT2D eigenvalue weighted by Gasteiger charge is 2.19. The Morgan fingerprint density at radius 1 is 1.41 bits per heavy atom. The van der Waals surface area contributed by atoms with Crippen LogP contribution in [0, 0.1) is 6.92 Å². The maximum Gasteiger partial charge on any atom is 0.126 e. The van der Waals surface area contributed by atoms with Crippen LogP contribution in [0.4, 0.5) is 5.82 Å². The highest BCUT2D eigenvalue weighted by molar-refractivity contribution is 5.44. The third kappa shape index (κ3) is 2.97. The maximum absolute atomic E-state index is 5.36. The van der Waals surface area contributed by atoms with Crippen molar-refractivity contribution in [2.75, 3.05) is 18.5 Å². The lowest BCUT2D eigenvalue weighted by Gasteiger charge is -2.23. The summed E-state index contributed by atoms with van der Waals surface area (Å²) < 4.78 is 5.36. The fourth-order valence-corrected chi connectivity index (χ4v) is 2.27. The molecule has 1 aliphatic heterocycles. The number of hydrogen-bond acceptors (Lipinski definition) is 3. The molecule has 1 aliphatic rings. The Morgan fingerprint density at radius 3 is 2.76 bits per heavy atom. The van der Waals surface area contributed by atoms with Gasteiger partial charge in [0.25, 0.3) is 0 Å². The summed E-state index contributed by atoms with van der Waals surface area (Å²) in [7, 11) is 0. The fraction of sp³-hybridized carbons (Fsp3) is 0.643. The van der Waals surface area contributed by atoms with Gasteiger partial charge in [-0.2, -0.15) is 0 Å². The fourth-order valence-electron chi connectivity index (χ4n) is 2.27. The number of nitrogens with one attached hydrogen (secondary N) is 1. The smallest absolute Gasteiger partial charge is 0.126 e. The largest absolute Gasteiger partial charge is 0.379 e. The number of anilines is 1. The lowest BCUT2D eigenvalue weighted by Crippen LogP contribution is -2.21. The molecule has 0 amide bonds. The van der Waals surface area contributed by atoms with Crippen LogP contribution in [0.25, 0.3) is 0 Å². The summed E-state index contributed by atoms with van der Waals surface area (Å²) in [5.41, 5.74) is 2.77. The van der Waals surface area contributed by atoms with Gasteiger partial charge in [0.1, 0.15) is 5.82 Å². The Labute approximate surface area is 104 Å². The molecule has 3 heteroatoms. The van der Waals surface area contributed by atoms with Gasteiger partial charge in [-0.05, 0) is 36.0 Å². The first kappa shape index (κ1) is 12.4. The molecule has 0 aromatic carbocycles. The van der Waals surface area contributed by atoms with Gasteiger partial charge in [-0.15, -0.1) is 0 Å². The van der Waals surface area contributed by atoms with E-state index >= 15 is 0 Å². The van der Waals surface area contributed by atoms with E-state index in [-0.39, 0.29) is 5.41 Å². The molecule has 0 spiro atoms. The molecule has 1 aromatic heterocycles. The molecular formula is C14H22N2O. The summed E-state index contributed by atoms with van der Waals surface area (Å²) in [6.45, 7) is 10.5. The molecule has 0 aliphatic carbocycles. The van der Waals surface area contributed by atoms with Crippen molar-refractivity contribution in [1.29, 1.82) is 0 Å². The van der Waals surface area contributed by atoms with Gasteiger partial charge in [0.05, 0.1) is 12.6 Å². The van der Waals surface area contributed by atoms with E-state index in [4.69, 9.17) is 4.74 Å². The number of rotatable bonds is 2. The molecular weight excluding hydrogens is 212 g/mol. The summed E-state index contributed by atoms with van der Waals surface area (Å²) in [4.78, 5) is 4.45. The number of aryl methyl sites for hydroxylation is 1. The van der Waals surface area contributed by atoms with Crippen molar-refractivity contribution in [3.05, 3.63) is 23.4 Å². The van der Waals surface area contributed by atoms with Crippen LogP contribution < -0.4 is 5.32 Å². The van der Waals surface area contributed by atoms with E-state index in [9.17, 15) is 0 Å².